The molecule has 1 aliphatic heterocycles. The van der Waals surface area contributed by atoms with Crippen LogP contribution in [0, 0.1) is 6.92 Å². The lowest BCUT2D eigenvalue weighted by atomic mass is 10.2. The number of benzene rings is 1. The van der Waals surface area contributed by atoms with Crippen molar-refractivity contribution >= 4 is 17.6 Å². The molecule has 0 saturated carbocycles. The molecule has 1 aromatic carbocycles. The van der Waals surface area contributed by atoms with Crippen LogP contribution in [0.1, 0.15) is 12.0 Å². The van der Waals surface area contributed by atoms with E-state index in [0.717, 1.165) is 11.3 Å². The largest absolute Gasteiger partial charge is 0.395 e. The maximum Gasteiger partial charge on any atom is 0.315 e. The molecule has 0 unspecified atom stereocenters. The van der Waals surface area contributed by atoms with Gasteiger partial charge in [0.2, 0.25) is 5.91 Å². The summed E-state index contributed by atoms with van der Waals surface area (Å²) in [4.78, 5) is 25.1. The van der Waals surface area contributed by atoms with Gasteiger partial charge < -0.3 is 20.6 Å². The van der Waals surface area contributed by atoms with Gasteiger partial charge in [-0.2, -0.15) is 0 Å². The second-order valence-corrected chi connectivity index (χ2v) is 4.86. The van der Waals surface area contributed by atoms with E-state index in [4.69, 9.17) is 5.11 Å². The van der Waals surface area contributed by atoms with Crippen molar-refractivity contribution in [3.8, 4) is 0 Å². The number of anilines is 1. The van der Waals surface area contributed by atoms with E-state index in [-0.39, 0.29) is 31.1 Å². The molecule has 0 aromatic heterocycles. The van der Waals surface area contributed by atoms with E-state index < -0.39 is 0 Å². The molecule has 2 rings (SSSR count). The summed E-state index contributed by atoms with van der Waals surface area (Å²) in [6.07, 6.45) is 0.292. The first-order valence-electron chi connectivity index (χ1n) is 6.62. The third-order valence-corrected chi connectivity index (χ3v) is 3.20. The normalized spacial score (nSPS) is 18.2. The highest BCUT2D eigenvalue weighted by atomic mass is 16.3. The third-order valence-electron chi connectivity index (χ3n) is 3.20. The molecular formula is C14H19N3O3. The van der Waals surface area contributed by atoms with E-state index in [1.165, 1.54) is 0 Å². The summed E-state index contributed by atoms with van der Waals surface area (Å²) in [5.41, 5.74) is 1.99. The number of nitrogens with one attached hydrogen (secondary N) is 2. The van der Waals surface area contributed by atoms with E-state index in [2.05, 4.69) is 10.6 Å². The topological polar surface area (TPSA) is 81.7 Å². The zero-order valence-electron chi connectivity index (χ0n) is 11.4. The van der Waals surface area contributed by atoms with Crippen molar-refractivity contribution in [1.29, 1.82) is 0 Å². The summed E-state index contributed by atoms with van der Waals surface area (Å²) < 4.78 is 0. The molecule has 0 bridgehead atoms. The standard InChI is InChI=1S/C14H19N3O3/c1-10-2-4-12(5-3-10)17-9-11(8-13(17)19)16-14(20)15-6-7-18/h2-5,11,18H,6-9H2,1H3,(H2,15,16,20)/t11-/m0/s1. The Kier molecular flexibility index (Phi) is 4.57. The van der Waals surface area contributed by atoms with E-state index in [1.807, 2.05) is 31.2 Å². The van der Waals surface area contributed by atoms with Gasteiger partial charge in [-0.3, -0.25) is 4.79 Å². The van der Waals surface area contributed by atoms with Gasteiger partial charge in [0.25, 0.3) is 0 Å². The van der Waals surface area contributed by atoms with Gasteiger partial charge in [-0.05, 0) is 19.1 Å². The molecule has 6 nitrogen and oxygen atoms in total. The minimum absolute atomic E-state index is 0.00121. The molecule has 1 fully saturated rings. The van der Waals surface area contributed by atoms with E-state index in [1.54, 1.807) is 4.90 Å². The Bertz CT molecular complexity index is 487. The molecule has 20 heavy (non-hydrogen) atoms. The average Bonchev–Trinajstić information content (AvgIpc) is 2.78. The molecule has 1 saturated heterocycles. The number of carbonyl (C=O) groups excluding carboxylic acids is 2. The Hall–Kier alpha value is -2.08. The number of amides is 3. The number of urea groups is 1. The van der Waals surface area contributed by atoms with Crippen LogP contribution in [0.15, 0.2) is 24.3 Å². The van der Waals surface area contributed by atoms with Gasteiger partial charge >= 0.3 is 6.03 Å². The fourth-order valence-electron chi connectivity index (χ4n) is 2.18. The van der Waals surface area contributed by atoms with Crippen molar-refractivity contribution in [2.24, 2.45) is 0 Å². The molecule has 0 radical (unpaired) electrons. The minimum atomic E-state index is -0.359. The van der Waals surface area contributed by atoms with Crippen molar-refractivity contribution in [3.05, 3.63) is 29.8 Å². The van der Waals surface area contributed by atoms with Crippen LogP contribution in [0.25, 0.3) is 0 Å². The molecule has 1 atom stereocenters. The van der Waals surface area contributed by atoms with Crippen molar-refractivity contribution in [3.63, 3.8) is 0 Å². The monoisotopic (exact) mass is 277 g/mol. The van der Waals surface area contributed by atoms with E-state index in [9.17, 15) is 9.59 Å². The van der Waals surface area contributed by atoms with Gasteiger partial charge in [0.05, 0.1) is 12.6 Å². The number of hydrogen-bond acceptors (Lipinski definition) is 3. The zero-order valence-corrected chi connectivity index (χ0v) is 11.4. The summed E-state index contributed by atoms with van der Waals surface area (Å²) in [6, 6.07) is 7.16. The quantitative estimate of drug-likeness (QED) is 0.744. The molecule has 0 aliphatic carbocycles. The van der Waals surface area contributed by atoms with E-state index in [0.29, 0.717) is 13.0 Å². The molecule has 3 N–H and O–H groups in total. The Morgan fingerprint density at radius 3 is 2.75 bits per heavy atom. The van der Waals surface area contributed by atoms with Crippen molar-refractivity contribution in [2.75, 3.05) is 24.6 Å². The van der Waals surface area contributed by atoms with Crippen LogP contribution in [0.5, 0.6) is 0 Å². The lowest BCUT2D eigenvalue weighted by Crippen LogP contribution is -2.44. The fraction of sp³-hybridized carbons (Fsp3) is 0.429. The van der Waals surface area contributed by atoms with Crippen molar-refractivity contribution < 1.29 is 14.7 Å². The van der Waals surface area contributed by atoms with Crippen molar-refractivity contribution in [1.82, 2.24) is 10.6 Å². The van der Waals surface area contributed by atoms with Gasteiger partial charge in [-0.1, -0.05) is 17.7 Å². The average molecular weight is 277 g/mol. The van der Waals surface area contributed by atoms with Crippen molar-refractivity contribution in [2.45, 2.75) is 19.4 Å². The third kappa shape index (κ3) is 3.48. The SMILES string of the molecule is Cc1ccc(N2C[C@@H](NC(=O)NCCO)CC2=O)cc1. The number of aliphatic hydroxyl groups is 1. The number of hydrogen-bond donors (Lipinski definition) is 3. The maximum atomic E-state index is 12.0. The maximum absolute atomic E-state index is 12.0. The van der Waals surface area contributed by atoms with Crippen LogP contribution in [-0.4, -0.2) is 42.8 Å². The lowest BCUT2D eigenvalue weighted by Gasteiger charge is -2.17. The predicted molar refractivity (Wildman–Crippen MR) is 75.6 cm³/mol. The number of carbonyl (C=O) groups is 2. The molecule has 1 aromatic rings. The minimum Gasteiger partial charge on any atom is -0.395 e. The molecule has 108 valence electrons. The molecule has 6 heteroatoms. The van der Waals surface area contributed by atoms with Gasteiger partial charge in [0.1, 0.15) is 0 Å². The number of aliphatic hydroxyl groups excluding tert-OH is 1. The highest BCUT2D eigenvalue weighted by Crippen LogP contribution is 2.21. The van der Waals surface area contributed by atoms with Gasteiger partial charge in [0.15, 0.2) is 0 Å². The molecule has 3 amide bonds. The van der Waals surface area contributed by atoms with Gasteiger partial charge in [-0.25, -0.2) is 4.79 Å². The molecule has 1 aliphatic rings. The molecule has 1 heterocycles. The lowest BCUT2D eigenvalue weighted by molar-refractivity contribution is -0.117. The summed E-state index contributed by atoms with van der Waals surface area (Å²) in [5, 5.41) is 13.9. The summed E-state index contributed by atoms with van der Waals surface area (Å²) in [7, 11) is 0. The number of rotatable bonds is 4. The second-order valence-electron chi connectivity index (χ2n) is 4.86. The van der Waals surface area contributed by atoms with Gasteiger partial charge in [-0.15, -0.1) is 0 Å². The van der Waals surface area contributed by atoms with E-state index >= 15 is 0 Å². The second kappa shape index (κ2) is 6.38. The highest BCUT2D eigenvalue weighted by Gasteiger charge is 2.31. The Morgan fingerprint density at radius 2 is 2.10 bits per heavy atom. The number of nitrogens with zero attached hydrogens (tertiary/aromatic N) is 1. The first kappa shape index (κ1) is 14.3. The smallest absolute Gasteiger partial charge is 0.315 e. The van der Waals surface area contributed by atoms with Crippen LogP contribution in [0.2, 0.25) is 0 Å². The van der Waals surface area contributed by atoms with Gasteiger partial charge in [0, 0.05) is 25.2 Å². The summed E-state index contributed by atoms with van der Waals surface area (Å²) in [6.45, 7) is 2.56. The first-order chi connectivity index (χ1) is 9.60. The fourth-order valence-corrected chi connectivity index (χ4v) is 2.18. The molecule has 0 spiro atoms. The Labute approximate surface area is 117 Å². The van der Waals surface area contributed by atoms with Crippen LogP contribution >= 0.6 is 0 Å². The predicted octanol–water partition coefficient (Wildman–Crippen LogP) is 0.392. The van der Waals surface area contributed by atoms with Crippen LogP contribution in [0.4, 0.5) is 10.5 Å². The van der Waals surface area contributed by atoms with Crippen LogP contribution < -0.4 is 15.5 Å². The summed E-state index contributed by atoms with van der Waals surface area (Å²) in [5.74, 6) is 0.00121. The first-order valence-corrected chi connectivity index (χ1v) is 6.62. The zero-order chi connectivity index (χ0) is 14.5. The van der Waals surface area contributed by atoms with Crippen LogP contribution in [-0.2, 0) is 4.79 Å². The van der Waals surface area contributed by atoms with Crippen LogP contribution in [0.3, 0.4) is 0 Å². The summed E-state index contributed by atoms with van der Waals surface area (Å²) >= 11 is 0. The number of aryl methyl sites for hydroxylation is 1. The molecular weight excluding hydrogens is 258 g/mol. The Morgan fingerprint density at radius 1 is 1.40 bits per heavy atom. The highest BCUT2D eigenvalue weighted by molar-refractivity contribution is 5.96. The Balaban J connectivity index is 1.93.